The highest BCUT2D eigenvalue weighted by Crippen LogP contribution is 2.29. The summed E-state index contributed by atoms with van der Waals surface area (Å²) in [5, 5.41) is 10.3. The number of rotatable bonds is 2. The maximum Gasteiger partial charge on any atom is 0.0794 e. The van der Waals surface area contributed by atoms with Crippen molar-refractivity contribution in [3.8, 4) is 0 Å². The number of hydrogen-bond donors (Lipinski definition) is 1. The molecule has 0 bridgehead atoms. The van der Waals surface area contributed by atoms with Gasteiger partial charge in [0.1, 0.15) is 0 Å². The van der Waals surface area contributed by atoms with Crippen molar-refractivity contribution in [1.29, 1.82) is 0 Å². The van der Waals surface area contributed by atoms with Crippen LogP contribution in [0.4, 0.5) is 0 Å². The van der Waals surface area contributed by atoms with Crippen molar-refractivity contribution in [3.05, 3.63) is 16.6 Å². The molecule has 1 aliphatic rings. The van der Waals surface area contributed by atoms with Gasteiger partial charge in [-0.1, -0.05) is 0 Å². The summed E-state index contributed by atoms with van der Waals surface area (Å²) in [5.41, 5.74) is 1.23. The van der Waals surface area contributed by atoms with Gasteiger partial charge >= 0.3 is 0 Å². The number of aromatic nitrogens is 1. The standard InChI is InChI=1S/C10H15NO2S/c1-8-4-10(12,2-3-13-8)5-9-6-11-7-14-9/h6-8,12H,2-5H2,1H3. The van der Waals surface area contributed by atoms with Crippen LogP contribution in [0.5, 0.6) is 0 Å². The van der Waals surface area contributed by atoms with Crippen LogP contribution in [0.25, 0.3) is 0 Å². The lowest BCUT2D eigenvalue weighted by Gasteiger charge is -2.35. The second kappa shape index (κ2) is 3.96. The predicted molar refractivity (Wildman–Crippen MR) is 55.4 cm³/mol. The van der Waals surface area contributed by atoms with E-state index in [2.05, 4.69) is 4.98 Å². The van der Waals surface area contributed by atoms with E-state index in [-0.39, 0.29) is 6.10 Å². The third-order valence-corrected chi connectivity index (χ3v) is 3.40. The van der Waals surface area contributed by atoms with Crippen molar-refractivity contribution in [2.24, 2.45) is 0 Å². The minimum absolute atomic E-state index is 0.168. The second-order valence-corrected chi connectivity index (χ2v) is 4.98. The van der Waals surface area contributed by atoms with Crippen molar-refractivity contribution in [1.82, 2.24) is 4.98 Å². The summed E-state index contributed by atoms with van der Waals surface area (Å²) in [4.78, 5) is 5.17. The number of hydrogen-bond acceptors (Lipinski definition) is 4. The molecule has 3 nitrogen and oxygen atoms in total. The lowest BCUT2D eigenvalue weighted by atomic mass is 9.87. The molecule has 78 valence electrons. The predicted octanol–water partition coefficient (Wildman–Crippen LogP) is 1.62. The van der Waals surface area contributed by atoms with Crippen LogP contribution >= 0.6 is 11.3 Å². The van der Waals surface area contributed by atoms with E-state index in [1.807, 2.05) is 13.1 Å². The van der Waals surface area contributed by atoms with Crippen LogP contribution in [0, 0.1) is 0 Å². The molecule has 1 aliphatic heterocycles. The van der Waals surface area contributed by atoms with E-state index in [0.29, 0.717) is 13.0 Å². The van der Waals surface area contributed by atoms with Gasteiger partial charge in [-0.05, 0) is 13.3 Å². The Morgan fingerprint density at radius 1 is 1.79 bits per heavy atom. The Balaban J connectivity index is 2.01. The monoisotopic (exact) mass is 213 g/mol. The van der Waals surface area contributed by atoms with Crippen LogP contribution in [-0.2, 0) is 11.2 Å². The van der Waals surface area contributed by atoms with Gasteiger partial charge in [-0.25, -0.2) is 0 Å². The van der Waals surface area contributed by atoms with E-state index in [1.165, 1.54) is 0 Å². The summed E-state index contributed by atoms with van der Waals surface area (Å²) < 4.78 is 5.42. The zero-order chi connectivity index (χ0) is 10.0. The molecule has 0 radical (unpaired) electrons. The Kier molecular flexibility index (Phi) is 2.85. The van der Waals surface area contributed by atoms with Gasteiger partial charge in [-0.2, -0.15) is 0 Å². The van der Waals surface area contributed by atoms with E-state index in [0.717, 1.165) is 17.7 Å². The highest BCUT2D eigenvalue weighted by Gasteiger charge is 2.33. The molecule has 1 aromatic rings. The first-order valence-electron chi connectivity index (χ1n) is 4.89. The molecule has 2 atom stereocenters. The number of ether oxygens (including phenoxy) is 1. The van der Waals surface area contributed by atoms with Gasteiger partial charge < -0.3 is 9.84 Å². The third-order valence-electron chi connectivity index (χ3n) is 2.62. The van der Waals surface area contributed by atoms with Gasteiger partial charge in [0.05, 0.1) is 17.2 Å². The highest BCUT2D eigenvalue weighted by molar-refractivity contribution is 7.09. The Hall–Kier alpha value is -0.450. The maximum atomic E-state index is 10.3. The van der Waals surface area contributed by atoms with Gasteiger partial charge in [0, 0.05) is 30.5 Å². The third kappa shape index (κ3) is 2.32. The van der Waals surface area contributed by atoms with Gasteiger partial charge in [-0.3, -0.25) is 4.98 Å². The van der Waals surface area contributed by atoms with Crippen molar-refractivity contribution in [2.75, 3.05) is 6.61 Å². The van der Waals surface area contributed by atoms with E-state index in [4.69, 9.17) is 4.74 Å². The maximum absolute atomic E-state index is 10.3. The molecule has 0 amide bonds. The zero-order valence-corrected chi connectivity index (χ0v) is 9.09. The van der Waals surface area contributed by atoms with Crippen LogP contribution in [0.3, 0.4) is 0 Å². The molecule has 2 unspecified atom stereocenters. The number of aliphatic hydroxyl groups is 1. The minimum atomic E-state index is -0.579. The highest BCUT2D eigenvalue weighted by atomic mass is 32.1. The van der Waals surface area contributed by atoms with Crippen LogP contribution < -0.4 is 0 Å². The number of nitrogens with zero attached hydrogens (tertiary/aromatic N) is 1. The average molecular weight is 213 g/mol. The van der Waals surface area contributed by atoms with Gasteiger partial charge in [-0.15, -0.1) is 11.3 Å². The fourth-order valence-corrected chi connectivity index (χ4v) is 2.69. The SMILES string of the molecule is CC1CC(O)(Cc2cncs2)CCO1. The van der Waals surface area contributed by atoms with Crippen molar-refractivity contribution < 1.29 is 9.84 Å². The molecule has 1 fully saturated rings. The lowest BCUT2D eigenvalue weighted by molar-refractivity contribution is -0.0957. The summed E-state index contributed by atoms with van der Waals surface area (Å²) >= 11 is 1.60. The Morgan fingerprint density at radius 2 is 2.64 bits per heavy atom. The molecule has 1 aromatic heterocycles. The molecule has 2 heterocycles. The molecule has 0 spiro atoms. The molecular weight excluding hydrogens is 198 g/mol. The summed E-state index contributed by atoms with van der Waals surface area (Å²) in [6.07, 6.45) is 4.18. The van der Waals surface area contributed by atoms with E-state index in [9.17, 15) is 5.11 Å². The zero-order valence-electron chi connectivity index (χ0n) is 8.27. The first-order chi connectivity index (χ1) is 6.68. The summed E-state index contributed by atoms with van der Waals surface area (Å²) in [6.45, 7) is 2.67. The topological polar surface area (TPSA) is 42.4 Å². The molecule has 4 heteroatoms. The largest absolute Gasteiger partial charge is 0.389 e. The first-order valence-corrected chi connectivity index (χ1v) is 5.77. The first kappa shape index (κ1) is 10.1. The fourth-order valence-electron chi connectivity index (χ4n) is 1.96. The molecule has 2 rings (SSSR count). The van der Waals surface area contributed by atoms with Crippen molar-refractivity contribution >= 4 is 11.3 Å². The Labute approximate surface area is 87.7 Å². The molecule has 1 saturated heterocycles. The molecule has 0 saturated carbocycles. The lowest BCUT2D eigenvalue weighted by Crippen LogP contribution is -2.41. The summed E-state index contributed by atoms with van der Waals surface area (Å²) in [7, 11) is 0. The van der Waals surface area contributed by atoms with Crippen LogP contribution in [-0.4, -0.2) is 28.4 Å². The van der Waals surface area contributed by atoms with E-state index < -0.39 is 5.60 Å². The molecule has 14 heavy (non-hydrogen) atoms. The van der Waals surface area contributed by atoms with Crippen molar-refractivity contribution in [3.63, 3.8) is 0 Å². The van der Waals surface area contributed by atoms with E-state index >= 15 is 0 Å². The fraction of sp³-hybridized carbons (Fsp3) is 0.700. The smallest absolute Gasteiger partial charge is 0.0794 e. The van der Waals surface area contributed by atoms with Gasteiger partial charge in [0.25, 0.3) is 0 Å². The van der Waals surface area contributed by atoms with Crippen molar-refractivity contribution in [2.45, 2.75) is 37.9 Å². The van der Waals surface area contributed by atoms with E-state index in [1.54, 1.807) is 16.8 Å². The Morgan fingerprint density at radius 3 is 3.29 bits per heavy atom. The molecule has 0 aliphatic carbocycles. The summed E-state index contributed by atoms with van der Waals surface area (Å²) in [5.74, 6) is 0. The Bertz CT molecular complexity index is 288. The van der Waals surface area contributed by atoms with Gasteiger partial charge in [0.15, 0.2) is 0 Å². The number of thiazole rings is 1. The summed E-state index contributed by atoms with van der Waals surface area (Å²) in [6, 6.07) is 0. The van der Waals surface area contributed by atoms with Crippen LogP contribution in [0.1, 0.15) is 24.6 Å². The van der Waals surface area contributed by atoms with Crippen LogP contribution in [0.15, 0.2) is 11.7 Å². The van der Waals surface area contributed by atoms with Gasteiger partial charge in [0.2, 0.25) is 0 Å². The normalized spacial score (nSPS) is 33.1. The average Bonchev–Trinajstić information content (AvgIpc) is 2.55. The molecular formula is C10H15NO2S. The molecule has 0 aromatic carbocycles. The quantitative estimate of drug-likeness (QED) is 0.811. The molecule has 1 N–H and O–H groups in total. The minimum Gasteiger partial charge on any atom is -0.389 e. The van der Waals surface area contributed by atoms with Crippen LogP contribution in [0.2, 0.25) is 0 Å². The second-order valence-electron chi connectivity index (χ2n) is 4.00.